The van der Waals surface area contributed by atoms with Crippen molar-refractivity contribution in [1.82, 2.24) is 0 Å². The highest BCUT2D eigenvalue weighted by Crippen LogP contribution is 2.32. The van der Waals surface area contributed by atoms with E-state index in [-0.39, 0.29) is 47.1 Å². The van der Waals surface area contributed by atoms with Gasteiger partial charge in [-0.25, -0.2) is 22.0 Å². The third-order valence-corrected chi connectivity index (χ3v) is 5.86. The molecule has 0 aromatic heterocycles. The lowest BCUT2D eigenvalue weighted by Gasteiger charge is -2.13. The highest BCUT2D eigenvalue weighted by molar-refractivity contribution is 5.88. The Kier molecular flexibility index (Phi) is 7.91. The first-order valence-corrected chi connectivity index (χ1v) is 11.3. The van der Waals surface area contributed by atoms with Gasteiger partial charge in [0.15, 0.2) is 24.0 Å². The molecule has 0 radical (unpaired) electrons. The van der Waals surface area contributed by atoms with E-state index in [1.165, 1.54) is 31.4 Å². The van der Waals surface area contributed by atoms with Gasteiger partial charge in [-0.3, -0.25) is 0 Å². The van der Waals surface area contributed by atoms with Crippen molar-refractivity contribution in [2.75, 3.05) is 13.7 Å². The molecule has 0 atom stereocenters. The summed E-state index contributed by atoms with van der Waals surface area (Å²) in [5, 5.41) is 0.558. The number of hydrogen-bond acceptors (Lipinski definition) is 2. The summed E-state index contributed by atoms with van der Waals surface area (Å²) in [6.07, 6.45) is -4.75. The number of rotatable bonds is 8. The summed E-state index contributed by atoms with van der Waals surface area (Å²) in [6.45, 7) is -1.81. The van der Waals surface area contributed by atoms with Crippen molar-refractivity contribution < 1.29 is 44.6 Å². The van der Waals surface area contributed by atoms with E-state index in [9.17, 15) is 30.7 Å². The minimum atomic E-state index is -4.76. The highest BCUT2D eigenvalue weighted by Gasteiger charge is 2.30. The fourth-order valence-corrected chi connectivity index (χ4v) is 4.16. The van der Waals surface area contributed by atoms with Crippen LogP contribution in [0.5, 0.6) is 5.75 Å². The van der Waals surface area contributed by atoms with Gasteiger partial charge in [0.05, 0.1) is 12.2 Å². The second-order valence-corrected chi connectivity index (χ2v) is 8.63. The van der Waals surface area contributed by atoms with Crippen molar-refractivity contribution in [3.63, 3.8) is 0 Å². The summed E-state index contributed by atoms with van der Waals surface area (Å²) in [5.41, 5.74) is 0.582. The fourth-order valence-electron chi connectivity index (χ4n) is 4.16. The molecule has 0 unspecified atom stereocenters. The van der Waals surface area contributed by atoms with Gasteiger partial charge in [-0.15, -0.1) is 0 Å². The molecule has 2 nitrogen and oxygen atoms in total. The molecular weight excluding hydrogens is 520 g/mol. The zero-order valence-corrected chi connectivity index (χ0v) is 19.9. The number of methoxy groups -OCH3 is 1. The van der Waals surface area contributed by atoms with Crippen molar-refractivity contribution >= 4 is 10.8 Å². The van der Waals surface area contributed by atoms with Crippen LogP contribution in [0.4, 0.5) is 35.1 Å². The fraction of sp³-hybridized carbons (Fsp3) is 0.214. The number of halogens is 8. The summed E-state index contributed by atoms with van der Waals surface area (Å²) in [6, 6.07) is 11.2. The topological polar surface area (TPSA) is 18.5 Å². The van der Waals surface area contributed by atoms with Crippen LogP contribution in [0.1, 0.15) is 16.7 Å². The van der Waals surface area contributed by atoms with Gasteiger partial charge in [0.2, 0.25) is 0 Å². The molecule has 200 valence electrons. The Bertz CT molecular complexity index is 1430. The lowest BCUT2D eigenvalue weighted by Crippen LogP contribution is -2.20. The molecule has 4 aromatic carbocycles. The lowest BCUT2D eigenvalue weighted by molar-refractivity contribution is -0.154. The molecule has 38 heavy (non-hydrogen) atoms. The first-order valence-electron chi connectivity index (χ1n) is 11.3. The van der Waals surface area contributed by atoms with Crippen LogP contribution in [0, 0.1) is 29.1 Å². The Morgan fingerprint density at radius 2 is 1.34 bits per heavy atom. The standard InChI is InChI=1S/C28H20F8O2/c1-37-13-16-10-21(29)25(22(30)11-16)19-6-7-20-18(12-19)5-4-17(26(20)33)3-2-15-8-23(31)27(24(32)9-15)38-14-28(34,35)36/h4-12H,2-3,13-14H2,1H3. The molecule has 4 rings (SSSR count). The maximum absolute atomic E-state index is 15.2. The predicted molar refractivity (Wildman–Crippen MR) is 125 cm³/mol. The second-order valence-electron chi connectivity index (χ2n) is 8.63. The van der Waals surface area contributed by atoms with Gasteiger partial charge in [0, 0.05) is 12.5 Å². The van der Waals surface area contributed by atoms with Crippen molar-refractivity contribution in [2.45, 2.75) is 25.6 Å². The van der Waals surface area contributed by atoms with Crippen LogP contribution < -0.4 is 4.74 Å². The van der Waals surface area contributed by atoms with Gasteiger partial charge in [-0.2, -0.15) is 13.2 Å². The molecule has 4 aromatic rings. The summed E-state index contributed by atoms with van der Waals surface area (Å²) < 4.78 is 119. The molecule has 0 N–H and O–H groups in total. The zero-order valence-electron chi connectivity index (χ0n) is 19.9. The Labute approximate surface area is 212 Å². The summed E-state index contributed by atoms with van der Waals surface area (Å²) in [5.74, 6) is -5.93. The van der Waals surface area contributed by atoms with Crippen molar-refractivity contribution in [2.24, 2.45) is 0 Å². The Morgan fingerprint density at radius 3 is 1.95 bits per heavy atom. The first kappa shape index (κ1) is 27.4. The molecule has 0 amide bonds. The minimum Gasteiger partial charge on any atom is -0.478 e. The van der Waals surface area contributed by atoms with Crippen LogP contribution in [0.15, 0.2) is 54.6 Å². The monoisotopic (exact) mass is 540 g/mol. The number of aryl methyl sites for hydroxylation is 2. The van der Waals surface area contributed by atoms with E-state index in [1.54, 1.807) is 6.07 Å². The molecule has 0 spiro atoms. The van der Waals surface area contributed by atoms with Crippen molar-refractivity contribution in [3.05, 3.63) is 100 Å². The zero-order chi connectivity index (χ0) is 27.6. The predicted octanol–water partition coefficient (Wildman–Crippen LogP) is 8.08. The normalized spacial score (nSPS) is 11.8. The van der Waals surface area contributed by atoms with Crippen LogP contribution in [-0.2, 0) is 24.2 Å². The van der Waals surface area contributed by atoms with E-state index in [0.717, 1.165) is 24.3 Å². The highest BCUT2D eigenvalue weighted by atomic mass is 19.4. The van der Waals surface area contributed by atoms with Gasteiger partial charge in [-0.1, -0.05) is 24.3 Å². The van der Waals surface area contributed by atoms with E-state index in [4.69, 9.17) is 4.74 Å². The number of hydrogen-bond donors (Lipinski definition) is 0. The van der Waals surface area contributed by atoms with Crippen molar-refractivity contribution in [1.29, 1.82) is 0 Å². The van der Waals surface area contributed by atoms with Crippen molar-refractivity contribution in [3.8, 4) is 16.9 Å². The average molecular weight is 540 g/mol. The second kappa shape index (κ2) is 11.0. The van der Waals surface area contributed by atoms with Gasteiger partial charge in [-0.05, 0) is 70.8 Å². The smallest absolute Gasteiger partial charge is 0.422 e. The molecule has 0 bridgehead atoms. The maximum Gasteiger partial charge on any atom is 0.422 e. The average Bonchev–Trinajstić information content (AvgIpc) is 2.82. The van der Waals surface area contributed by atoms with Crippen LogP contribution in [0.25, 0.3) is 21.9 Å². The quantitative estimate of drug-likeness (QED) is 0.211. The number of benzene rings is 4. The molecule has 0 heterocycles. The third-order valence-electron chi connectivity index (χ3n) is 5.86. The summed E-state index contributed by atoms with van der Waals surface area (Å²) >= 11 is 0. The van der Waals surface area contributed by atoms with E-state index in [1.807, 2.05) is 0 Å². The Hall–Kier alpha value is -3.66. The SMILES string of the molecule is COCc1cc(F)c(-c2ccc3c(F)c(CCc4cc(F)c(OCC(F)(F)F)c(F)c4)ccc3c2)c(F)c1. The third kappa shape index (κ3) is 6.07. The van der Waals surface area contributed by atoms with E-state index >= 15 is 4.39 Å². The molecule has 0 aliphatic heterocycles. The molecule has 0 saturated heterocycles. The van der Waals surface area contributed by atoms with Gasteiger partial charge < -0.3 is 9.47 Å². The molecule has 10 heteroatoms. The molecule has 0 aliphatic rings. The summed E-state index contributed by atoms with van der Waals surface area (Å²) in [4.78, 5) is 0. The molecule has 0 saturated carbocycles. The van der Waals surface area contributed by atoms with Crippen LogP contribution in [-0.4, -0.2) is 19.9 Å². The lowest BCUT2D eigenvalue weighted by atomic mass is 9.96. The number of alkyl halides is 3. The first-order chi connectivity index (χ1) is 18.0. The molecule has 0 aliphatic carbocycles. The summed E-state index contributed by atoms with van der Waals surface area (Å²) in [7, 11) is 1.40. The minimum absolute atomic E-state index is 0.0157. The Morgan fingerprint density at radius 1 is 0.711 bits per heavy atom. The largest absolute Gasteiger partial charge is 0.478 e. The van der Waals surface area contributed by atoms with Crippen LogP contribution in [0.2, 0.25) is 0 Å². The van der Waals surface area contributed by atoms with Gasteiger partial charge in [0.1, 0.15) is 17.5 Å². The number of ether oxygens (including phenoxy) is 2. The van der Waals surface area contributed by atoms with Gasteiger partial charge >= 0.3 is 6.18 Å². The maximum atomic E-state index is 15.2. The van der Waals surface area contributed by atoms with Crippen LogP contribution >= 0.6 is 0 Å². The number of fused-ring (bicyclic) bond motifs is 1. The van der Waals surface area contributed by atoms with E-state index < -0.39 is 47.6 Å². The van der Waals surface area contributed by atoms with E-state index in [2.05, 4.69) is 4.74 Å². The Balaban J connectivity index is 1.55. The molecular formula is C28H20F8O2. The molecule has 0 fully saturated rings. The van der Waals surface area contributed by atoms with Crippen LogP contribution in [0.3, 0.4) is 0 Å². The van der Waals surface area contributed by atoms with Gasteiger partial charge in [0.25, 0.3) is 0 Å². The van der Waals surface area contributed by atoms with E-state index in [0.29, 0.717) is 10.9 Å².